The number of benzene rings is 1. The van der Waals surface area contributed by atoms with Crippen molar-refractivity contribution in [1.82, 2.24) is 4.90 Å². The van der Waals surface area contributed by atoms with Gasteiger partial charge in [0.2, 0.25) is 0 Å². The Labute approximate surface area is 120 Å². The van der Waals surface area contributed by atoms with E-state index in [9.17, 15) is 0 Å². The molecule has 1 saturated carbocycles. The number of nitrogens with two attached hydrogens (primary N) is 1. The third-order valence-corrected chi connectivity index (χ3v) is 4.26. The van der Waals surface area contributed by atoms with Gasteiger partial charge >= 0.3 is 0 Å². The number of rotatable bonds is 4. The minimum atomic E-state index is 0.394. The summed E-state index contributed by atoms with van der Waals surface area (Å²) in [6.45, 7) is 0.865. The van der Waals surface area contributed by atoms with Crippen molar-refractivity contribution < 1.29 is 4.74 Å². The van der Waals surface area contributed by atoms with Crippen LogP contribution in [-0.4, -0.2) is 31.1 Å². The second kappa shape index (κ2) is 6.60. The van der Waals surface area contributed by atoms with E-state index in [0.29, 0.717) is 12.1 Å². The van der Waals surface area contributed by atoms with Crippen LogP contribution < -0.4 is 10.5 Å². The minimum Gasteiger partial charge on any atom is -0.496 e. The molecule has 0 spiro atoms. The molecular weight excluding hydrogens is 260 g/mol. The Bertz CT molecular complexity index is 417. The van der Waals surface area contributed by atoms with Gasteiger partial charge in [0.1, 0.15) is 5.75 Å². The molecule has 19 heavy (non-hydrogen) atoms. The first-order valence-electron chi connectivity index (χ1n) is 6.88. The number of nitrogens with zero attached hydrogens (tertiary/aromatic N) is 1. The summed E-state index contributed by atoms with van der Waals surface area (Å²) in [7, 11) is 3.87. The number of halogens is 1. The maximum Gasteiger partial charge on any atom is 0.123 e. The average molecular weight is 283 g/mol. The molecule has 1 aromatic carbocycles. The highest BCUT2D eigenvalue weighted by molar-refractivity contribution is 6.30. The Hall–Kier alpha value is -0.770. The van der Waals surface area contributed by atoms with Gasteiger partial charge in [-0.1, -0.05) is 11.6 Å². The zero-order valence-electron chi connectivity index (χ0n) is 11.7. The van der Waals surface area contributed by atoms with Gasteiger partial charge in [-0.3, -0.25) is 4.90 Å². The fourth-order valence-electron chi connectivity index (χ4n) is 2.81. The van der Waals surface area contributed by atoms with Crippen molar-refractivity contribution >= 4 is 11.6 Å². The maximum atomic E-state index is 6.07. The van der Waals surface area contributed by atoms with Crippen molar-refractivity contribution in [1.29, 1.82) is 0 Å². The summed E-state index contributed by atoms with van der Waals surface area (Å²) in [6, 6.07) is 6.80. The normalized spacial score (nSPS) is 23.6. The summed E-state index contributed by atoms with van der Waals surface area (Å²) in [5.74, 6) is 0.906. The van der Waals surface area contributed by atoms with Gasteiger partial charge in [0, 0.05) is 29.2 Å². The van der Waals surface area contributed by atoms with E-state index in [1.54, 1.807) is 7.11 Å². The van der Waals surface area contributed by atoms with E-state index in [0.717, 1.165) is 35.7 Å². The predicted molar refractivity (Wildman–Crippen MR) is 79.7 cm³/mol. The molecule has 0 amide bonds. The third kappa shape index (κ3) is 3.85. The van der Waals surface area contributed by atoms with E-state index in [1.807, 2.05) is 18.2 Å². The largest absolute Gasteiger partial charge is 0.496 e. The smallest absolute Gasteiger partial charge is 0.123 e. The van der Waals surface area contributed by atoms with Crippen LogP contribution in [0.2, 0.25) is 5.02 Å². The molecule has 1 aliphatic carbocycles. The average Bonchev–Trinajstić information content (AvgIpc) is 2.39. The van der Waals surface area contributed by atoms with Crippen molar-refractivity contribution in [3.05, 3.63) is 28.8 Å². The molecule has 1 aliphatic rings. The standard InChI is InChI=1S/C15H23ClN2O/c1-18(14-6-4-13(17)5-7-14)10-11-9-12(16)3-8-15(11)19-2/h3,8-9,13-14H,4-7,10,17H2,1-2H3. The molecule has 4 heteroatoms. The maximum absolute atomic E-state index is 6.07. The molecule has 0 heterocycles. The Morgan fingerprint density at radius 3 is 2.63 bits per heavy atom. The third-order valence-electron chi connectivity index (χ3n) is 4.03. The fraction of sp³-hybridized carbons (Fsp3) is 0.600. The highest BCUT2D eigenvalue weighted by Crippen LogP contribution is 2.27. The van der Waals surface area contributed by atoms with Crippen molar-refractivity contribution in [2.24, 2.45) is 5.73 Å². The topological polar surface area (TPSA) is 38.5 Å². The number of methoxy groups -OCH3 is 1. The summed E-state index contributed by atoms with van der Waals surface area (Å²) >= 11 is 6.07. The molecule has 3 nitrogen and oxygen atoms in total. The second-order valence-electron chi connectivity index (χ2n) is 5.44. The van der Waals surface area contributed by atoms with E-state index in [-0.39, 0.29) is 0 Å². The lowest BCUT2D eigenvalue weighted by Crippen LogP contribution is -2.38. The Balaban J connectivity index is 2.02. The van der Waals surface area contributed by atoms with Crippen LogP contribution in [0.5, 0.6) is 5.75 Å². The molecule has 2 N–H and O–H groups in total. The van der Waals surface area contributed by atoms with E-state index < -0.39 is 0 Å². The molecule has 0 atom stereocenters. The Morgan fingerprint density at radius 2 is 2.00 bits per heavy atom. The number of ether oxygens (including phenoxy) is 1. The number of hydrogen-bond acceptors (Lipinski definition) is 3. The van der Waals surface area contributed by atoms with Crippen LogP contribution in [0.15, 0.2) is 18.2 Å². The number of hydrogen-bond donors (Lipinski definition) is 1. The molecule has 2 rings (SSSR count). The SMILES string of the molecule is COc1ccc(Cl)cc1CN(C)C1CCC(N)CC1. The lowest BCUT2D eigenvalue weighted by atomic mass is 9.91. The molecule has 0 saturated heterocycles. The van der Waals surface area contributed by atoms with Crippen LogP contribution in [0.25, 0.3) is 0 Å². The molecule has 0 aromatic heterocycles. The van der Waals surface area contributed by atoms with E-state index in [4.69, 9.17) is 22.1 Å². The summed E-state index contributed by atoms with van der Waals surface area (Å²) in [5, 5.41) is 0.759. The first-order chi connectivity index (χ1) is 9.10. The van der Waals surface area contributed by atoms with Crippen LogP contribution in [0.1, 0.15) is 31.2 Å². The first kappa shape index (κ1) is 14.6. The Morgan fingerprint density at radius 1 is 1.32 bits per heavy atom. The molecule has 1 aromatic rings. The van der Waals surface area contributed by atoms with Crippen LogP contribution in [0.3, 0.4) is 0 Å². The van der Waals surface area contributed by atoms with Crippen molar-refractivity contribution in [2.45, 2.75) is 44.3 Å². The first-order valence-corrected chi connectivity index (χ1v) is 7.26. The van der Waals surface area contributed by atoms with Crippen LogP contribution in [-0.2, 0) is 6.54 Å². The monoisotopic (exact) mass is 282 g/mol. The van der Waals surface area contributed by atoms with E-state index in [2.05, 4.69) is 11.9 Å². The molecule has 0 unspecified atom stereocenters. The minimum absolute atomic E-state index is 0.394. The molecular formula is C15H23ClN2O. The highest BCUT2D eigenvalue weighted by Gasteiger charge is 2.22. The summed E-state index contributed by atoms with van der Waals surface area (Å²) in [4.78, 5) is 2.39. The van der Waals surface area contributed by atoms with E-state index in [1.165, 1.54) is 12.8 Å². The van der Waals surface area contributed by atoms with Gasteiger partial charge in [-0.05, 0) is 50.9 Å². The lowest BCUT2D eigenvalue weighted by molar-refractivity contribution is 0.174. The van der Waals surface area contributed by atoms with Gasteiger partial charge in [0.05, 0.1) is 7.11 Å². The van der Waals surface area contributed by atoms with Crippen LogP contribution in [0, 0.1) is 0 Å². The van der Waals surface area contributed by atoms with Crippen molar-refractivity contribution in [2.75, 3.05) is 14.2 Å². The van der Waals surface area contributed by atoms with Crippen LogP contribution in [0.4, 0.5) is 0 Å². The van der Waals surface area contributed by atoms with Gasteiger partial charge in [-0.25, -0.2) is 0 Å². The summed E-state index contributed by atoms with van der Waals surface area (Å²) < 4.78 is 5.40. The Kier molecular flexibility index (Phi) is 5.08. The molecule has 1 fully saturated rings. The van der Waals surface area contributed by atoms with Crippen LogP contribution >= 0.6 is 11.6 Å². The molecule has 0 aliphatic heterocycles. The van der Waals surface area contributed by atoms with Gasteiger partial charge in [-0.2, -0.15) is 0 Å². The zero-order valence-corrected chi connectivity index (χ0v) is 12.5. The zero-order chi connectivity index (χ0) is 13.8. The summed E-state index contributed by atoms with van der Waals surface area (Å²) in [5.41, 5.74) is 7.10. The van der Waals surface area contributed by atoms with Gasteiger partial charge in [-0.15, -0.1) is 0 Å². The molecule has 0 radical (unpaired) electrons. The predicted octanol–water partition coefficient (Wildman–Crippen LogP) is 3.05. The quantitative estimate of drug-likeness (QED) is 0.922. The molecule has 106 valence electrons. The highest BCUT2D eigenvalue weighted by atomic mass is 35.5. The molecule has 0 bridgehead atoms. The van der Waals surface area contributed by atoms with Crippen molar-refractivity contribution in [3.8, 4) is 5.75 Å². The van der Waals surface area contributed by atoms with Gasteiger partial charge < -0.3 is 10.5 Å². The van der Waals surface area contributed by atoms with E-state index >= 15 is 0 Å². The van der Waals surface area contributed by atoms with Gasteiger partial charge in [0.25, 0.3) is 0 Å². The lowest BCUT2D eigenvalue weighted by Gasteiger charge is -2.33. The fourth-order valence-corrected chi connectivity index (χ4v) is 3.01. The van der Waals surface area contributed by atoms with Gasteiger partial charge in [0.15, 0.2) is 0 Å². The summed E-state index contributed by atoms with van der Waals surface area (Å²) in [6.07, 6.45) is 4.62. The second-order valence-corrected chi connectivity index (χ2v) is 5.88. The van der Waals surface area contributed by atoms with Crippen molar-refractivity contribution in [3.63, 3.8) is 0 Å².